The van der Waals surface area contributed by atoms with Gasteiger partial charge in [0.25, 0.3) is 0 Å². The maximum absolute atomic E-state index is 5.79. The second kappa shape index (κ2) is 3.77. The van der Waals surface area contributed by atoms with Crippen LogP contribution >= 0.6 is 11.5 Å². The first-order valence-electron chi connectivity index (χ1n) is 5.96. The van der Waals surface area contributed by atoms with Gasteiger partial charge < -0.3 is 15.8 Å². The molecule has 4 nitrogen and oxygen atoms in total. The smallest absolute Gasteiger partial charge is 0.197 e. The van der Waals surface area contributed by atoms with Crippen LogP contribution in [-0.2, 0) is 0 Å². The van der Waals surface area contributed by atoms with Crippen molar-refractivity contribution in [3.63, 3.8) is 0 Å². The first-order valence-corrected chi connectivity index (χ1v) is 6.74. The summed E-state index contributed by atoms with van der Waals surface area (Å²) in [7, 11) is 0. The van der Waals surface area contributed by atoms with Crippen molar-refractivity contribution in [2.45, 2.75) is 40.7 Å². The lowest BCUT2D eigenvalue weighted by Crippen LogP contribution is -2.10. The van der Waals surface area contributed by atoms with E-state index < -0.39 is 0 Å². The van der Waals surface area contributed by atoms with Gasteiger partial charge in [-0.05, 0) is 29.3 Å². The van der Waals surface area contributed by atoms with E-state index in [0.717, 1.165) is 5.00 Å². The fourth-order valence-corrected chi connectivity index (χ4v) is 3.05. The van der Waals surface area contributed by atoms with Gasteiger partial charge in [-0.15, -0.1) is 0 Å². The molecule has 0 aromatic carbocycles. The Morgan fingerprint density at radius 1 is 1.35 bits per heavy atom. The van der Waals surface area contributed by atoms with Gasteiger partial charge in [0.1, 0.15) is 0 Å². The molecule has 1 aromatic heterocycles. The predicted octanol–water partition coefficient (Wildman–Crippen LogP) is 2.97. The van der Waals surface area contributed by atoms with Gasteiger partial charge in [0, 0.05) is 6.04 Å². The molecule has 0 spiro atoms. The van der Waals surface area contributed by atoms with Gasteiger partial charge in [0.15, 0.2) is 16.6 Å². The van der Waals surface area contributed by atoms with E-state index in [1.165, 1.54) is 11.5 Å². The zero-order valence-electron chi connectivity index (χ0n) is 11.1. The molecular weight excluding hydrogens is 234 g/mol. The molecule has 17 heavy (non-hydrogen) atoms. The summed E-state index contributed by atoms with van der Waals surface area (Å²) in [6, 6.07) is 0.439. The van der Waals surface area contributed by atoms with Crippen LogP contribution in [0.2, 0.25) is 0 Å². The van der Waals surface area contributed by atoms with Crippen molar-refractivity contribution < 1.29 is 4.74 Å². The monoisotopic (exact) mass is 255 g/mol. The summed E-state index contributed by atoms with van der Waals surface area (Å²) in [4.78, 5) is 0. The molecule has 0 unspecified atom stereocenters. The van der Waals surface area contributed by atoms with Crippen LogP contribution in [-0.4, -0.2) is 17.0 Å². The lowest BCUT2D eigenvalue weighted by Gasteiger charge is -2.08. The van der Waals surface area contributed by atoms with Crippen molar-refractivity contribution in [1.29, 1.82) is 0 Å². The molecule has 0 radical (unpaired) electrons. The summed E-state index contributed by atoms with van der Waals surface area (Å²) < 4.78 is 9.68. The first kappa shape index (κ1) is 12.5. The van der Waals surface area contributed by atoms with Crippen molar-refractivity contribution in [1.82, 2.24) is 4.37 Å². The van der Waals surface area contributed by atoms with Crippen LogP contribution in [0.3, 0.4) is 0 Å². The topological polar surface area (TPSA) is 60.2 Å². The minimum atomic E-state index is 0.287. The molecule has 1 saturated carbocycles. The zero-order valence-corrected chi connectivity index (χ0v) is 11.9. The largest absolute Gasteiger partial charge is 0.487 e. The van der Waals surface area contributed by atoms with Crippen LogP contribution in [0.15, 0.2) is 0 Å². The van der Waals surface area contributed by atoms with Gasteiger partial charge in [-0.2, -0.15) is 4.37 Å². The highest BCUT2D eigenvalue weighted by molar-refractivity contribution is 7.11. The van der Waals surface area contributed by atoms with Crippen LogP contribution in [0.5, 0.6) is 5.75 Å². The van der Waals surface area contributed by atoms with Gasteiger partial charge in [-0.25, -0.2) is 0 Å². The van der Waals surface area contributed by atoms with Crippen molar-refractivity contribution in [2.75, 3.05) is 17.7 Å². The number of aromatic nitrogens is 1. The number of nitrogens with one attached hydrogen (secondary N) is 1. The number of nitrogens with zero attached hydrogens (tertiary/aromatic N) is 1. The molecule has 1 aliphatic carbocycles. The van der Waals surface area contributed by atoms with Crippen molar-refractivity contribution >= 4 is 22.4 Å². The average Bonchev–Trinajstić information content (AvgIpc) is 2.54. The van der Waals surface area contributed by atoms with Gasteiger partial charge in [0.2, 0.25) is 0 Å². The molecule has 0 atom stereocenters. The average molecular weight is 255 g/mol. The van der Waals surface area contributed by atoms with E-state index >= 15 is 0 Å². The van der Waals surface area contributed by atoms with Crippen LogP contribution in [0.25, 0.3) is 0 Å². The highest BCUT2D eigenvalue weighted by Crippen LogP contribution is 2.64. The summed E-state index contributed by atoms with van der Waals surface area (Å²) in [6.07, 6.45) is 0. The summed E-state index contributed by atoms with van der Waals surface area (Å²) in [6.45, 7) is 11.6. The van der Waals surface area contributed by atoms with Gasteiger partial charge in [-0.1, -0.05) is 27.7 Å². The number of hydrogen-bond donors (Lipinski definition) is 2. The lowest BCUT2D eigenvalue weighted by molar-refractivity contribution is 0.344. The summed E-state index contributed by atoms with van der Waals surface area (Å²) >= 11 is 1.37. The Kier molecular flexibility index (Phi) is 2.77. The maximum Gasteiger partial charge on any atom is 0.197 e. The molecule has 2 rings (SSSR count). The third kappa shape index (κ3) is 1.76. The molecule has 0 aliphatic heterocycles. The number of anilines is 2. The van der Waals surface area contributed by atoms with Crippen LogP contribution in [0.4, 0.5) is 10.8 Å². The van der Waals surface area contributed by atoms with Gasteiger partial charge >= 0.3 is 0 Å². The van der Waals surface area contributed by atoms with E-state index in [2.05, 4.69) is 37.4 Å². The Morgan fingerprint density at radius 2 is 1.94 bits per heavy atom. The first-order chi connectivity index (χ1) is 7.82. The quantitative estimate of drug-likeness (QED) is 0.868. The molecule has 5 heteroatoms. The minimum absolute atomic E-state index is 0.287. The molecule has 0 saturated heterocycles. The van der Waals surface area contributed by atoms with Crippen molar-refractivity contribution in [3.05, 3.63) is 0 Å². The fourth-order valence-electron chi connectivity index (χ4n) is 2.36. The number of nitrogen functional groups attached to an aromatic ring is 1. The van der Waals surface area contributed by atoms with E-state index in [1.807, 2.05) is 6.92 Å². The zero-order chi connectivity index (χ0) is 12.8. The Balaban J connectivity index is 2.16. The Labute approximate surface area is 107 Å². The van der Waals surface area contributed by atoms with Gasteiger partial charge in [-0.3, -0.25) is 0 Å². The maximum atomic E-state index is 5.79. The third-order valence-corrected chi connectivity index (χ3v) is 5.03. The molecule has 0 bridgehead atoms. The molecule has 1 aliphatic rings. The van der Waals surface area contributed by atoms with Crippen LogP contribution < -0.4 is 15.8 Å². The van der Waals surface area contributed by atoms with E-state index in [0.29, 0.717) is 24.2 Å². The molecular formula is C12H21N3OS. The normalized spacial score (nSPS) is 21.2. The van der Waals surface area contributed by atoms with Crippen molar-refractivity contribution in [2.24, 2.45) is 10.8 Å². The third-order valence-electron chi connectivity index (χ3n) is 4.26. The Bertz CT molecular complexity index is 411. The molecule has 1 heterocycles. The highest BCUT2D eigenvalue weighted by Gasteiger charge is 2.65. The SMILES string of the molecule is CCOc1c(N)nsc1NC1C(C)(C)C1(C)C. The molecule has 0 amide bonds. The molecule has 3 N–H and O–H groups in total. The number of nitrogens with two attached hydrogens (primary N) is 1. The van der Waals surface area contributed by atoms with E-state index in [1.54, 1.807) is 0 Å². The summed E-state index contributed by atoms with van der Waals surface area (Å²) in [5.74, 6) is 1.19. The summed E-state index contributed by atoms with van der Waals surface area (Å²) in [5.41, 5.74) is 6.37. The number of rotatable bonds is 4. The Hall–Kier alpha value is -0.970. The van der Waals surface area contributed by atoms with Crippen LogP contribution in [0.1, 0.15) is 34.6 Å². The molecule has 1 fully saturated rings. The molecule has 1 aromatic rings. The number of ether oxygens (including phenoxy) is 1. The second-order valence-electron chi connectivity index (χ2n) is 5.68. The minimum Gasteiger partial charge on any atom is -0.487 e. The van der Waals surface area contributed by atoms with E-state index in [-0.39, 0.29) is 10.8 Å². The fraction of sp³-hybridized carbons (Fsp3) is 0.750. The van der Waals surface area contributed by atoms with Gasteiger partial charge in [0.05, 0.1) is 6.61 Å². The Morgan fingerprint density at radius 3 is 2.41 bits per heavy atom. The van der Waals surface area contributed by atoms with E-state index in [4.69, 9.17) is 10.5 Å². The highest BCUT2D eigenvalue weighted by atomic mass is 32.1. The molecule has 96 valence electrons. The lowest BCUT2D eigenvalue weighted by atomic mass is 10.0. The predicted molar refractivity (Wildman–Crippen MR) is 72.7 cm³/mol. The second-order valence-corrected chi connectivity index (χ2v) is 6.45. The number of hydrogen-bond acceptors (Lipinski definition) is 5. The van der Waals surface area contributed by atoms with E-state index in [9.17, 15) is 0 Å². The standard InChI is InChI=1S/C12H21N3OS/c1-6-16-7-8(13)15-17-9(7)14-10-11(2,3)12(10,4)5/h10,14H,6H2,1-5H3,(H2,13,15). The summed E-state index contributed by atoms with van der Waals surface area (Å²) in [5, 5.41) is 4.47. The van der Waals surface area contributed by atoms with Crippen molar-refractivity contribution in [3.8, 4) is 5.75 Å². The van der Waals surface area contributed by atoms with Crippen LogP contribution in [0, 0.1) is 10.8 Å².